The first-order valence-electron chi connectivity index (χ1n) is 8.43. The Bertz CT molecular complexity index is 553. The van der Waals surface area contributed by atoms with Crippen molar-refractivity contribution in [3.63, 3.8) is 0 Å². The van der Waals surface area contributed by atoms with Crippen molar-refractivity contribution >= 4 is 11.9 Å². The molecule has 1 aromatic carbocycles. The van der Waals surface area contributed by atoms with E-state index in [0.717, 1.165) is 5.75 Å². The number of hydrogen-bond donors (Lipinski definition) is 0. The third-order valence-electron chi connectivity index (χ3n) is 3.83. The van der Waals surface area contributed by atoms with Crippen molar-refractivity contribution in [2.45, 2.75) is 25.9 Å². The zero-order valence-electron chi connectivity index (χ0n) is 14.7. The van der Waals surface area contributed by atoms with Crippen LogP contribution in [-0.4, -0.2) is 62.9 Å². The third-order valence-corrected chi connectivity index (χ3v) is 3.83. The third kappa shape index (κ3) is 6.26. The number of amides is 1. The average Bonchev–Trinajstić information content (AvgIpc) is 2.65. The summed E-state index contributed by atoms with van der Waals surface area (Å²) < 4.78 is 21.0. The number of rotatable bonds is 8. The smallest absolute Gasteiger partial charge is 0.306 e. The molecule has 0 aliphatic carbocycles. The SMILES string of the molecule is COc1ccc(OCCCC(=O)OC(C)C(=O)N2CCOCC2)cc1. The van der Waals surface area contributed by atoms with Crippen molar-refractivity contribution < 1.29 is 28.5 Å². The Balaban J connectivity index is 1.63. The van der Waals surface area contributed by atoms with Gasteiger partial charge in [-0.05, 0) is 37.6 Å². The van der Waals surface area contributed by atoms with Crippen LogP contribution in [0.2, 0.25) is 0 Å². The molecule has 1 heterocycles. The summed E-state index contributed by atoms with van der Waals surface area (Å²) in [5.41, 5.74) is 0. The molecule has 0 bridgehead atoms. The van der Waals surface area contributed by atoms with Gasteiger partial charge in [-0.15, -0.1) is 0 Å². The highest BCUT2D eigenvalue weighted by molar-refractivity contribution is 5.83. The lowest BCUT2D eigenvalue weighted by molar-refractivity contribution is -0.161. The van der Waals surface area contributed by atoms with Crippen molar-refractivity contribution in [1.29, 1.82) is 0 Å². The monoisotopic (exact) mass is 351 g/mol. The van der Waals surface area contributed by atoms with Gasteiger partial charge in [-0.3, -0.25) is 9.59 Å². The predicted molar refractivity (Wildman–Crippen MR) is 90.7 cm³/mol. The van der Waals surface area contributed by atoms with E-state index in [1.54, 1.807) is 31.1 Å². The lowest BCUT2D eigenvalue weighted by atomic mass is 10.3. The van der Waals surface area contributed by atoms with Crippen molar-refractivity contribution in [3.05, 3.63) is 24.3 Å². The van der Waals surface area contributed by atoms with Gasteiger partial charge in [-0.2, -0.15) is 0 Å². The molecule has 1 saturated heterocycles. The maximum atomic E-state index is 12.2. The highest BCUT2D eigenvalue weighted by Crippen LogP contribution is 2.17. The number of methoxy groups -OCH3 is 1. The molecular weight excluding hydrogens is 326 g/mol. The van der Waals surface area contributed by atoms with E-state index in [0.29, 0.717) is 45.1 Å². The summed E-state index contributed by atoms with van der Waals surface area (Å²) in [6, 6.07) is 7.23. The van der Waals surface area contributed by atoms with Crippen LogP contribution in [0.15, 0.2) is 24.3 Å². The number of carbonyl (C=O) groups is 2. The van der Waals surface area contributed by atoms with Crippen molar-refractivity contribution in [2.75, 3.05) is 40.0 Å². The van der Waals surface area contributed by atoms with Gasteiger partial charge in [0.25, 0.3) is 5.91 Å². The summed E-state index contributed by atoms with van der Waals surface area (Å²) in [6.45, 7) is 4.12. The molecule has 1 aliphatic rings. The molecule has 1 atom stereocenters. The first-order valence-corrected chi connectivity index (χ1v) is 8.43. The molecule has 1 amide bonds. The van der Waals surface area contributed by atoms with Crippen LogP contribution in [0.5, 0.6) is 11.5 Å². The van der Waals surface area contributed by atoms with E-state index in [1.807, 2.05) is 12.1 Å². The van der Waals surface area contributed by atoms with Crippen LogP contribution in [0.25, 0.3) is 0 Å². The second-order valence-corrected chi connectivity index (χ2v) is 5.70. The quantitative estimate of drug-likeness (QED) is 0.524. The maximum absolute atomic E-state index is 12.2. The van der Waals surface area contributed by atoms with Crippen molar-refractivity contribution in [1.82, 2.24) is 4.90 Å². The molecule has 1 aliphatic heterocycles. The van der Waals surface area contributed by atoms with Gasteiger partial charge >= 0.3 is 5.97 Å². The normalized spacial score (nSPS) is 15.4. The minimum absolute atomic E-state index is 0.175. The molecule has 2 rings (SSSR count). The molecule has 0 radical (unpaired) electrons. The molecule has 138 valence electrons. The molecule has 1 unspecified atom stereocenters. The highest BCUT2D eigenvalue weighted by Gasteiger charge is 2.25. The van der Waals surface area contributed by atoms with Gasteiger partial charge in [-0.25, -0.2) is 0 Å². The van der Waals surface area contributed by atoms with Crippen LogP contribution in [0.4, 0.5) is 0 Å². The van der Waals surface area contributed by atoms with Gasteiger partial charge in [0.2, 0.25) is 0 Å². The number of benzene rings is 1. The minimum Gasteiger partial charge on any atom is -0.497 e. The highest BCUT2D eigenvalue weighted by atomic mass is 16.5. The Morgan fingerprint density at radius 2 is 1.80 bits per heavy atom. The van der Waals surface area contributed by atoms with Crippen molar-refractivity contribution in [3.8, 4) is 11.5 Å². The zero-order valence-corrected chi connectivity index (χ0v) is 14.7. The van der Waals surface area contributed by atoms with Crippen LogP contribution in [0.1, 0.15) is 19.8 Å². The van der Waals surface area contributed by atoms with E-state index in [2.05, 4.69) is 0 Å². The Morgan fingerprint density at radius 1 is 1.16 bits per heavy atom. The molecule has 1 fully saturated rings. The molecule has 1 aromatic rings. The van der Waals surface area contributed by atoms with E-state index in [4.69, 9.17) is 18.9 Å². The Labute approximate surface area is 147 Å². The van der Waals surface area contributed by atoms with Crippen LogP contribution in [0, 0.1) is 0 Å². The van der Waals surface area contributed by atoms with Gasteiger partial charge < -0.3 is 23.8 Å². The zero-order chi connectivity index (χ0) is 18.1. The molecular formula is C18H25NO6. The predicted octanol–water partition coefficient (Wildman–Crippen LogP) is 1.64. The summed E-state index contributed by atoms with van der Waals surface area (Å²) in [6.07, 6.45) is -0.0478. The van der Waals surface area contributed by atoms with E-state index >= 15 is 0 Å². The fraction of sp³-hybridized carbons (Fsp3) is 0.556. The van der Waals surface area contributed by atoms with E-state index < -0.39 is 12.1 Å². The average molecular weight is 351 g/mol. The molecule has 7 nitrogen and oxygen atoms in total. The molecule has 0 spiro atoms. The van der Waals surface area contributed by atoms with E-state index in [9.17, 15) is 9.59 Å². The van der Waals surface area contributed by atoms with Crippen LogP contribution in [0.3, 0.4) is 0 Å². The second kappa shape index (κ2) is 9.88. The van der Waals surface area contributed by atoms with Gasteiger partial charge in [0.1, 0.15) is 11.5 Å². The first kappa shape index (κ1) is 19.1. The summed E-state index contributed by atoms with van der Waals surface area (Å²) >= 11 is 0. The van der Waals surface area contributed by atoms with E-state index in [1.165, 1.54) is 0 Å². The van der Waals surface area contributed by atoms with Crippen molar-refractivity contribution in [2.24, 2.45) is 0 Å². The minimum atomic E-state index is -0.770. The largest absolute Gasteiger partial charge is 0.497 e. The number of nitrogens with zero attached hydrogens (tertiary/aromatic N) is 1. The molecule has 0 aromatic heterocycles. The molecule has 0 saturated carbocycles. The van der Waals surface area contributed by atoms with Crippen LogP contribution >= 0.6 is 0 Å². The lowest BCUT2D eigenvalue weighted by Crippen LogP contribution is -2.46. The Kier molecular flexibility index (Phi) is 7.53. The maximum Gasteiger partial charge on any atom is 0.306 e. The number of esters is 1. The summed E-state index contributed by atoms with van der Waals surface area (Å²) in [5, 5.41) is 0. The van der Waals surface area contributed by atoms with E-state index in [-0.39, 0.29) is 12.3 Å². The number of ether oxygens (including phenoxy) is 4. The fourth-order valence-electron chi connectivity index (χ4n) is 2.43. The number of carbonyl (C=O) groups excluding carboxylic acids is 2. The number of morpholine rings is 1. The standard InChI is InChI=1S/C18H25NO6/c1-14(18(21)19-9-12-23-13-10-19)25-17(20)4-3-11-24-16-7-5-15(22-2)6-8-16/h5-8,14H,3-4,9-13H2,1-2H3. The lowest BCUT2D eigenvalue weighted by Gasteiger charge is -2.28. The summed E-state index contributed by atoms with van der Waals surface area (Å²) in [5.74, 6) is 0.901. The van der Waals surface area contributed by atoms with Gasteiger partial charge in [0.15, 0.2) is 6.10 Å². The van der Waals surface area contributed by atoms with Crippen LogP contribution in [-0.2, 0) is 19.1 Å². The van der Waals surface area contributed by atoms with Gasteiger partial charge in [0.05, 0.1) is 26.9 Å². The molecule has 0 N–H and O–H groups in total. The van der Waals surface area contributed by atoms with Gasteiger partial charge in [-0.1, -0.05) is 0 Å². The topological polar surface area (TPSA) is 74.3 Å². The summed E-state index contributed by atoms with van der Waals surface area (Å²) in [7, 11) is 1.60. The summed E-state index contributed by atoms with van der Waals surface area (Å²) in [4.78, 5) is 25.7. The first-order chi connectivity index (χ1) is 12.1. The van der Waals surface area contributed by atoms with Gasteiger partial charge in [0, 0.05) is 19.5 Å². The Hall–Kier alpha value is -2.28. The Morgan fingerprint density at radius 3 is 2.44 bits per heavy atom. The van der Waals surface area contributed by atoms with Crippen LogP contribution < -0.4 is 9.47 Å². The number of hydrogen-bond acceptors (Lipinski definition) is 6. The second-order valence-electron chi connectivity index (χ2n) is 5.70. The molecule has 25 heavy (non-hydrogen) atoms. The molecule has 7 heteroatoms. The fourth-order valence-corrected chi connectivity index (χ4v) is 2.43.